The van der Waals surface area contributed by atoms with Gasteiger partial charge in [-0.05, 0) is 31.9 Å². The van der Waals surface area contributed by atoms with Gasteiger partial charge in [0.25, 0.3) is 5.88 Å². The van der Waals surface area contributed by atoms with E-state index in [2.05, 4.69) is 20.1 Å². The third kappa shape index (κ3) is 4.83. The Labute approximate surface area is 212 Å². The van der Waals surface area contributed by atoms with Crippen molar-refractivity contribution in [2.75, 3.05) is 38.7 Å². The molecule has 5 rings (SSSR count). The van der Waals surface area contributed by atoms with Crippen molar-refractivity contribution < 1.29 is 28.1 Å². The zero-order valence-corrected chi connectivity index (χ0v) is 20.5. The van der Waals surface area contributed by atoms with E-state index in [0.29, 0.717) is 26.3 Å². The molecule has 2 atom stereocenters. The molecule has 190 valence electrons. The van der Waals surface area contributed by atoms with Crippen LogP contribution < -0.4 is 14.8 Å². The van der Waals surface area contributed by atoms with Crippen LogP contribution in [0.4, 0.5) is 26.4 Å². The lowest BCUT2D eigenvalue weighted by Gasteiger charge is -2.46. The SMILES string of the molecule is [C-]#[N+]c1cc(F)c(Nc2ncnc(OC3C4COCC3CN(C(=O)OC3(C)CC3)C4)c2OC)c(Cl)c1. The lowest BCUT2D eigenvalue weighted by molar-refractivity contribution is -0.112. The van der Waals surface area contributed by atoms with E-state index in [1.165, 1.54) is 19.5 Å². The molecule has 0 radical (unpaired) electrons. The second-order valence-electron chi connectivity index (χ2n) is 9.44. The predicted molar refractivity (Wildman–Crippen MR) is 127 cm³/mol. The number of hydrogen-bond donors (Lipinski definition) is 1. The number of halogens is 2. The number of ether oxygens (including phenoxy) is 4. The number of nitrogens with one attached hydrogen (secondary N) is 1. The summed E-state index contributed by atoms with van der Waals surface area (Å²) in [5, 5.41) is 2.85. The molecule has 0 spiro atoms. The molecule has 1 aromatic heterocycles. The highest BCUT2D eigenvalue weighted by Gasteiger charge is 2.47. The highest BCUT2D eigenvalue weighted by molar-refractivity contribution is 6.33. The molecule has 1 amide bonds. The van der Waals surface area contributed by atoms with Gasteiger partial charge in [0.2, 0.25) is 5.75 Å². The molecule has 2 aromatic rings. The first kappa shape index (κ1) is 24.3. The standard InChI is InChI=1S/C24H25ClFN5O5/c1-24(4-5-24)36-23(32)31-8-13-10-34-11-14(9-31)19(13)35-22-20(33-3)21(28-12-29-22)30-18-16(25)6-15(27-2)7-17(18)26/h6-7,12-14,19H,4-5,8-11H2,1,3H3,(H,28,29,30). The third-order valence-corrected chi connectivity index (χ3v) is 6.97. The molecule has 10 nitrogen and oxygen atoms in total. The Morgan fingerprint density at radius 3 is 2.64 bits per heavy atom. The van der Waals surface area contributed by atoms with Gasteiger partial charge in [0.1, 0.15) is 23.8 Å². The number of carbonyl (C=O) groups is 1. The second-order valence-corrected chi connectivity index (χ2v) is 9.85. The number of anilines is 2. The fourth-order valence-corrected chi connectivity index (χ4v) is 4.75. The van der Waals surface area contributed by atoms with Crippen molar-refractivity contribution in [1.29, 1.82) is 0 Å². The number of hydrogen-bond acceptors (Lipinski definition) is 8. The first-order valence-electron chi connectivity index (χ1n) is 11.5. The topological polar surface area (TPSA) is 99.4 Å². The van der Waals surface area contributed by atoms with Crippen LogP contribution in [-0.4, -0.2) is 66.1 Å². The first-order valence-corrected chi connectivity index (χ1v) is 11.9. The molecule has 3 aliphatic rings. The van der Waals surface area contributed by atoms with Crippen molar-refractivity contribution in [1.82, 2.24) is 14.9 Å². The molecule has 1 N–H and O–H groups in total. The Kier molecular flexibility index (Phi) is 6.49. The number of likely N-dealkylation sites (tertiary alicyclic amines) is 1. The van der Waals surface area contributed by atoms with Crippen LogP contribution in [0.25, 0.3) is 4.85 Å². The predicted octanol–water partition coefficient (Wildman–Crippen LogP) is 4.59. The van der Waals surface area contributed by atoms with Crippen molar-refractivity contribution in [2.24, 2.45) is 11.8 Å². The van der Waals surface area contributed by atoms with E-state index in [1.54, 1.807) is 4.90 Å². The van der Waals surface area contributed by atoms with Gasteiger partial charge in [-0.25, -0.2) is 19.0 Å². The van der Waals surface area contributed by atoms with Gasteiger partial charge in [0.05, 0.1) is 37.6 Å². The molecule has 3 heterocycles. The summed E-state index contributed by atoms with van der Waals surface area (Å²) in [5.74, 6) is -0.401. The van der Waals surface area contributed by atoms with Crippen LogP contribution in [0.1, 0.15) is 19.8 Å². The molecule has 2 unspecified atom stereocenters. The van der Waals surface area contributed by atoms with E-state index < -0.39 is 5.82 Å². The molecule has 1 aromatic carbocycles. The molecule has 3 fully saturated rings. The van der Waals surface area contributed by atoms with Crippen LogP contribution in [0.5, 0.6) is 11.6 Å². The van der Waals surface area contributed by atoms with Gasteiger partial charge in [0, 0.05) is 24.9 Å². The number of rotatable bonds is 6. The molecule has 1 aliphatic carbocycles. The Morgan fingerprint density at radius 1 is 1.31 bits per heavy atom. The van der Waals surface area contributed by atoms with Gasteiger partial charge in [-0.1, -0.05) is 11.6 Å². The third-order valence-electron chi connectivity index (χ3n) is 6.67. The van der Waals surface area contributed by atoms with E-state index in [1.807, 2.05) is 6.92 Å². The maximum Gasteiger partial charge on any atom is 0.410 e. The summed E-state index contributed by atoms with van der Waals surface area (Å²) in [6.07, 6.45) is 2.46. The maximum atomic E-state index is 14.6. The average molecular weight is 518 g/mol. The Balaban J connectivity index is 1.34. The average Bonchev–Trinajstić information content (AvgIpc) is 3.57. The summed E-state index contributed by atoms with van der Waals surface area (Å²) in [7, 11) is 1.43. The van der Waals surface area contributed by atoms with Crippen molar-refractivity contribution in [2.45, 2.75) is 31.5 Å². The first-order chi connectivity index (χ1) is 17.3. The largest absolute Gasteiger partial charge is 0.489 e. The summed E-state index contributed by atoms with van der Waals surface area (Å²) < 4.78 is 37.8. The number of nitrogens with zero attached hydrogens (tertiary/aromatic N) is 4. The Bertz CT molecular complexity index is 1180. The molecule has 36 heavy (non-hydrogen) atoms. The van der Waals surface area contributed by atoms with Crippen molar-refractivity contribution >= 4 is 34.9 Å². The number of piperidine rings is 1. The minimum atomic E-state index is -0.706. The van der Waals surface area contributed by atoms with Crippen LogP contribution in [0.2, 0.25) is 5.02 Å². The molecule has 2 aliphatic heterocycles. The van der Waals surface area contributed by atoms with E-state index >= 15 is 0 Å². The summed E-state index contributed by atoms with van der Waals surface area (Å²) in [6.45, 7) is 10.7. The van der Waals surface area contributed by atoms with E-state index in [0.717, 1.165) is 18.9 Å². The minimum Gasteiger partial charge on any atom is -0.489 e. The molecule has 2 saturated heterocycles. The lowest BCUT2D eigenvalue weighted by atomic mass is 9.84. The summed E-state index contributed by atoms with van der Waals surface area (Å²) in [5.41, 5.74) is -0.308. The van der Waals surface area contributed by atoms with E-state index in [4.69, 9.17) is 37.1 Å². The van der Waals surface area contributed by atoms with Gasteiger partial charge >= 0.3 is 6.09 Å². The van der Waals surface area contributed by atoms with Crippen LogP contribution in [0.15, 0.2) is 18.5 Å². The van der Waals surface area contributed by atoms with Gasteiger partial charge in [-0.2, -0.15) is 4.98 Å². The molecular formula is C24H25ClFN5O5. The summed E-state index contributed by atoms with van der Waals surface area (Å²) >= 11 is 6.18. The quantitative estimate of drug-likeness (QED) is 0.556. The number of aromatic nitrogens is 2. The number of amides is 1. The highest BCUT2D eigenvalue weighted by Crippen LogP contribution is 2.42. The zero-order valence-electron chi connectivity index (χ0n) is 19.8. The normalized spacial score (nSPS) is 23.9. The van der Waals surface area contributed by atoms with E-state index in [-0.39, 0.29) is 63.5 Å². The maximum absolute atomic E-state index is 14.6. The molecule has 12 heteroatoms. The van der Waals surface area contributed by atoms with Crippen molar-refractivity contribution in [3.05, 3.63) is 40.7 Å². The van der Waals surface area contributed by atoms with Crippen LogP contribution in [-0.2, 0) is 9.47 Å². The highest BCUT2D eigenvalue weighted by atomic mass is 35.5. The Hall–Kier alpha value is -3.36. The van der Waals surface area contributed by atoms with Gasteiger partial charge in [-0.3, -0.25) is 0 Å². The fraction of sp³-hybridized carbons (Fsp3) is 0.500. The monoisotopic (exact) mass is 517 g/mol. The molecular weight excluding hydrogens is 493 g/mol. The van der Waals surface area contributed by atoms with Crippen molar-refractivity contribution in [3.63, 3.8) is 0 Å². The second kappa shape index (κ2) is 9.59. The van der Waals surface area contributed by atoms with Crippen LogP contribution in [0.3, 0.4) is 0 Å². The van der Waals surface area contributed by atoms with Crippen LogP contribution >= 0.6 is 11.6 Å². The summed E-state index contributed by atoms with van der Waals surface area (Å²) in [4.78, 5) is 26.0. The van der Waals surface area contributed by atoms with Gasteiger partial charge in [0.15, 0.2) is 11.5 Å². The van der Waals surface area contributed by atoms with Gasteiger partial charge in [-0.15, -0.1) is 0 Å². The smallest absolute Gasteiger partial charge is 0.410 e. The van der Waals surface area contributed by atoms with Crippen molar-refractivity contribution in [3.8, 4) is 11.6 Å². The minimum absolute atomic E-state index is 0.0233. The fourth-order valence-electron chi connectivity index (χ4n) is 4.50. The van der Waals surface area contributed by atoms with Gasteiger partial charge < -0.3 is 29.2 Å². The number of methoxy groups -OCH3 is 1. The molecule has 1 saturated carbocycles. The Morgan fingerprint density at radius 2 is 2.03 bits per heavy atom. The number of benzene rings is 1. The zero-order chi connectivity index (χ0) is 25.4. The lowest BCUT2D eigenvalue weighted by Crippen LogP contribution is -2.59. The molecule has 2 bridgehead atoms. The van der Waals surface area contributed by atoms with E-state index in [9.17, 15) is 9.18 Å². The van der Waals surface area contributed by atoms with Crippen LogP contribution in [0, 0.1) is 24.2 Å². The number of carbonyl (C=O) groups excluding carboxylic acids is 1. The number of fused-ring (bicyclic) bond motifs is 2. The summed E-state index contributed by atoms with van der Waals surface area (Å²) in [6, 6.07) is 2.44.